The lowest BCUT2D eigenvalue weighted by molar-refractivity contribution is 0.118. The van der Waals surface area contributed by atoms with Gasteiger partial charge in [0.15, 0.2) is 0 Å². The summed E-state index contributed by atoms with van der Waals surface area (Å²) in [6.45, 7) is 1.62. The van der Waals surface area contributed by atoms with Crippen molar-refractivity contribution in [1.82, 2.24) is 4.31 Å². The lowest BCUT2D eigenvalue weighted by Crippen LogP contribution is -2.41. The Morgan fingerprint density at radius 3 is 2.90 bits per heavy atom. The Morgan fingerprint density at radius 1 is 1.45 bits per heavy atom. The van der Waals surface area contributed by atoms with E-state index < -0.39 is 10.0 Å². The number of hydrogen-bond acceptors (Lipinski definition) is 5. The minimum Gasteiger partial charge on any atom is -0.384 e. The Kier molecular flexibility index (Phi) is 4.98. The summed E-state index contributed by atoms with van der Waals surface area (Å²) in [5.41, 5.74) is 2.86. The van der Waals surface area contributed by atoms with Crippen molar-refractivity contribution in [2.45, 2.75) is 17.7 Å². The standard InChI is InChI=1S/C13H21N3O3S/c1-19-10-11-5-4-8-16(9-11)20(17,18)13-7-3-2-6-12(13)15-14/h2-3,6-7,11,15H,4-5,8-10,14H2,1H3. The first-order valence-corrected chi connectivity index (χ1v) is 8.08. The number of nitrogen functional groups attached to an aromatic ring is 1. The van der Waals surface area contributed by atoms with Gasteiger partial charge < -0.3 is 10.2 Å². The van der Waals surface area contributed by atoms with Crippen molar-refractivity contribution in [2.75, 3.05) is 32.2 Å². The predicted molar refractivity (Wildman–Crippen MR) is 77.6 cm³/mol. The predicted octanol–water partition coefficient (Wildman–Crippen LogP) is 1.02. The molecule has 20 heavy (non-hydrogen) atoms. The summed E-state index contributed by atoms with van der Waals surface area (Å²) in [6.07, 6.45) is 1.85. The summed E-state index contributed by atoms with van der Waals surface area (Å²) in [6, 6.07) is 6.68. The number of para-hydroxylation sites is 1. The SMILES string of the molecule is COCC1CCCN(S(=O)(=O)c2ccccc2NN)C1. The zero-order valence-corrected chi connectivity index (χ0v) is 12.4. The molecule has 1 aromatic rings. The number of methoxy groups -OCH3 is 1. The number of nitrogens with one attached hydrogen (secondary N) is 1. The average molecular weight is 299 g/mol. The molecule has 1 aliphatic rings. The van der Waals surface area contributed by atoms with Crippen molar-refractivity contribution in [3.05, 3.63) is 24.3 Å². The van der Waals surface area contributed by atoms with Gasteiger partial charge in [-0.15, -0.1) is 0 Å². The number of nitrogens with two attached hydrogens (primary N) is 1. The monoisotopic (exact) mass is 299 g/mol. The maximum absolute atomic E-state index is 12.7. The van der Waals surface area contributed by atoms with Gasteiger partial charge in [0.1, 0.15) is 4.90 Å². The van der Waals surface area contributed by atoms with E-state index in [0.29, 0.717) is 25.4 Å². The Labute approximate surface area is 119 Å². The van der Waals surface area contributed by atoms with Crippen molar-refractivity contribution >= 4 is 15.7 Å². The highest BCUT2D eigenvalue weighted by Crippen LogP contribution is 2.27. The lowest BCUT2D eigenvalue weighted by atomic mass is 10.0. The molecule has 1 aromatic carbocycles. The number of hydrazine groups is 1. The molecule has 0 radical (unpaired) electrons. The van der Waals surface area contributed by atoms with Crippen LogP contribution in [0.15, 0.2) is 29.2 Å². The van der Waals surface area contributed by atoms with Gasteiger partial charge in [0.25, 0.3) is 0 Å². The normalized spacial score (nSPS) is 20.8. The maximum Gasteiger partial charge on any atom is 0.245 e. The highest BCUT2D eigenvalue weighted by atomic mass is 32.2. The van der Waals surface area contributed by atoms with Crippen LogP contribution in [0.4, 0.5) is 5.69 Å². The molecule has 0 amide bonds. The molecular weight excluding hydrogens is 278 g/mol. The van der Waals surface area contributed by atoms with Gasteiger partial charge in [-0.05, 0) is 30.9 Å². The van der Waals surface area contributed by atoms with E-state index in [0.717, 1.165) is 12.8 Å². The first-order valence-electron chi connectivity index (χ1n) is 6.64. The molecule has 0 aromatic heterocycles. The zero-order valence-electron chi connectivity index (χ0n) is 11.6. The molecule has 1 saturated heterocycles. The van der Waals surface area contributed by atoms with Crippen molar-refractivity contribution < 1.29 is 13.2 Å². The van der Waals surface area contributed by atoms with Gasteiger partial charge in [-0.2, -0.15) is 4.31 Å². The zero-order chi connectivity index (χ0) is 14.6. The van der Waals surface area contributed by atoms with Crippen LogP contribution >= 0.6 is 0 Å². The number of nitrogens with zero attached hydrogens (tertiary/aromatic N) is 1. The van der Waals surface area contributed by atoms with Gasteiger partial charge >= 0.3 is 0 Å². The topological polar surface area (TPSA) is 84.7 Å². The van der Waals surface area contributed by atoms with E-state index in [9.17, 15) is 8.42 Å². The number of sulfonamides is 1. The van der Waals surface area contributed by atoms with Crippen LogP contribution in [0, 0.1) is 5.92 Å². The second-order valence-corrected chi connectivity index (χ2v) is 6.87. The molecule has 0 aliphatic carbocycles. The largest absolute Gasteiger partial charge is 0.384 e. The Balaban J connectivity index is 2.25. The molecule has 3 N–H and O–H groups in total. The molecular formula is C13H21N3O3S. The third-order valence-electron chi connectivity index (χ3n) is 3.54. The molecule has 7 heteroatoms. The van der Waals surface area contributed by atoms with Crippen LogP contribution in [0.3, 0.4) is 0 Å². The third-order valence-corrected chi connectivity index (χ3v) is 5.47. The van der Waals surface area contributed by atoms with E-state index in [1.807, 2.05) is 0 Å². The van der Waals surface area contributed by atoms with Crippen molar-refractivity contribution in [3.63, 3.8) is 0 Å². The lowest BCUT2D eigenvalue weighted by Gasteiger charge is -2.31. The van der Waals surface area contributed by atoms with Crippen LogP contribution in [0.1, 0.15) is 12.8 Å². The highest BCUT2D eigenvalue weighted by Gasteiger charge is 2.31. The summed E-state index contributed by atoms with van der Waals surface area (Å²) < 4.78 is 32.1. The quantitative estimate of drug-likeness (QED) is 0.626. The van der Waals surface area contributed by atoms with Crippen molar-refractivity contribution in [1.29, 1.82) is 0 Å². The minimum atomic E-state index is -3.52. The van der Waals surface area contributed by atoms with E-state index >= 15 is 0 Å². The fourth-order valence-electron chi connectivity index (χ4n) is 2.57. The molecule has 0 spiro atoms. The number of piperidine rings is 1. The van der Waals surface area contributed by atoms with Crippen LogP contribution in [-0.2, 0) is 14.8 Å². The molecule has 1 heterocycles. The van der Waals surface area contributed by atoms with Crippen molar-refractivity contribution in [3.8, 4) is 0 Å². The first kappa shape index (κ1) is 15.2. The molecule has 6 nitrogen and oxygen atoms in total. The van der Waals surface area contributed by atoms with Gasteiger partial charge in [0, 0.05) is 20.2 Å². The van der Waals surface area contributed by atoms with Gasteiger partial charge in [-0.3, -0.25) is 5.84 Å². The molecule has 1 fully saturated rings. The summed E-state index contributed by atoms with van der Waals surface area (Å²) >= 11 is 0. The first-order chi connectivity index (χ1) is 9.59. The minimum absolute atomic E-state index is 0.223. The summed E-state index contributed by atoms with van der Waals surface area (Å²) in [5, 5.41) is 0. The molecule has 2 rings (SSSR count). The number of anilines is 1. The molecule has 1 unspecified atom stereocenters. The van der Waals surface area contributed by atoms with Crippen LogP contribution in [0.5, 0.6) is 0 Å². The fraction of sp³-hybridized carbons (Fsp3) is 0.538. The van der Waals surface area contributed by atoms with Gasteiger partial charge in [0.05, 0.1) is 12.3 Å². The second-order valence-electron chi connectivity index (χ2n) is 4.97. The molecule has 0 bridgehead atoms. The van der Waals surface area contributed by atoms with Gasteiger partial charge in [-0.25, -0.2) is 8.42 Å². The summed E-state index contributed by atoms with van der Waals surface area (Å²) in [5.74, 6) is 5.65. The van der Waals surface area contributed by atoms with Crippen LogP contribution < -0.4 is 11.3 Å². The van der Waals surface area contributed by atoms with Crippen LogP contribution in [0.2, 0.25) is 0 Å². The van der Waals surface area contributed by atoms with Gasteiger partial charge in [-0.1, -0.05) is 12.1 Å². The van der Waals surface area contributed by atoms with E-state index in [2.05, 4.69) is 5.43 Å². The molecule has 1 aliphatic heterocycles. The summed E-state index contributed by atoms with van der Waals surface area (Å²) in [4.78, 5) is 0.223. The average Bonchev–Trinajstić information content (AvgIpc) is 2.48. The summed E-state index contributed by atoms with van der Waals surface area (Å²) in [7, 11) is -1.88. The van der Waals surface area contributed by atoms with Crippen LogP contribution in [-0.4, -0.2) is 39.5 Å². The Bertz CT molecular complexity index is 546. The van der Waals surface area contributed by atoms with E-state index in [1.165, 1.54) is 4.31 Å². The number of rotatable bonds is 5. The Hall–Kier alpha value is -1.15. The smallest absolute Gasteiger partial charge is 0.245 e. The highest BCUT2D eigenvalue weighted by molar-refractivity contribution is 7.89. The molecule has 0 saturated carbocycles. The van der Waals surface area contributed by atoms with E-state index in [-0.39, 0.29) is 10.8 Å². The number of hydrogen-bond donors (Lipinski definition) is 2. The van der Waals surface area contributed by atoms with E-state index in [4.69, 9.17) is 10.6 Å². The Morgan fingerprint density at radius 2 is 2.20 bits per heavy atom. The third kappa shape index (κ3) is 3.12. The number of ether oxygens (including phenoxy) is 1. The fourth-order valence-corrected chi connectivity index (χ4v) is 4.28. The molecule has 1 atom stereocenters. The molecule has 112 valence electrons. The maximum atomic E-state index is 12.7. The number of benzene rings is 1. The van der Waals surface area contributed by atoms with E-state index in [1.54, 1.807) is 31.4 Å². The second kappa shape index (κ2) is 6.53. The van der Waals surface area contributed by atoms with Gasteiger partial charge in [0.2, 0.25) is 10.0 Å². The van der Waals surface area contributed by atoms with Crippen LogP contribution in [0.25, 0.3) is 0 Å². The van der Waals surface area contributed by atoms with Crippen molar-refractivity contribution in [2.24, 2.45) is 11.8 Å².